The molecule has 18 heavy (non-hydrogen) atoms. The van der Waals surface area contributed by atoms with Gasteiger partial charge in [0.15, 0.2) is 0 Å². The van der Waals surface area contributed by atoms with Gasteiger partial charge >= 0.3 is 0 Å². The van der Waals surface area contributed by atoms with E-state index in [1.165, 1.54) is 48.7 Å². The molecule has 0 aromatic heterocycles. The van der Waals surface area contributed by atoms with Crippen LogP contribution in [0.5, 0.6) is 0 Å². The highest BCUT2D eigenvalue weighted by atomic mass is 79.9. The van der Waals surface area contributed by atoms with Gasteiger partial charge in [0.05, 0.1) is 0 Å². The van der Waals surface area contributed by atoms with Crippen LogP contribution in [0.25, 0.3) is 0 Å². The predicted octanol–water partition coefficient (Wildman–Crippen LogP) is 4.19. The van der Waals surface area contributed by atoms with Gasteiger partial charge in [-0.05, 0) is 49.6 Å². The normalized spacial score (nSPS) is 21.8. The van der Waals surface area contributed by atoms with E-state index in [1.807, 2.05) is 6.07 Å². The van der Waals surface area contributed by atoms with E-state index in [-0.39, 0.29) is 0 Å². The molecule has 2 N–H and O–H groups in total. The van der Waals surface area contributed by atoms with Gasteiger partial charge in [0.25, 0.3) is 0 Å². The molecule has 1 heterocycles. The summed E-state index contributed by atoms with van der Waals surface area (Å²) < 4.78 is 1.18. The van der Waals surface area contributed by atoms with Crippen LogP contribution < -0.4 is 5.73 Å². The van der Waals surface area contributed by atoms with Crippen LogP contribution in [0.15, 0.2) is 22.7 Å². The highest BCUT2D eigenvalue weighted by Crippen LogP contribution is 2.25. The summed E-state index contributed by atoms with van der Waals surface area (Å²) in [6.07, 6.45) is 6.69. The molecule has 100 valence electrons. The molecule has 0 amide bonds. The molecule has 2 nitrogen and oxygen atoms in total. The number of nitrogen functional groups attached to an aromatic ring is 1. The van der Waals surface area contributed by atoms with Gasteiger partial charge in [-0.2, -0.15) is 0 Å². The Hall–Kier alpha value is -0.540. The third kappa shape index (κ3) is 3.48. The topological polar surface area (TPSA) is 29.3 Å². The molecule has 1 atom stereocenters. The molecule has 1 aromatic rings. The fourth-order valence-electron chi connectivity index (χ4n) is 2.84. The van der Waals surface area contributed by atoms with Crippen molar-refractivity contribution in [1.29, 1.82) is 0 Å². The van der Waals surface area contributed by atoms with Crippen LogP contribution in [-0.2, 0) is 6.54 Å². The summed E-state index contributed by atoms with van der Waals surface area (Å²) in [5.74, 6) is 0. The van der Waals surface area contributed by atoms with E-state index in [1.54, 1.807) is 0 Å². The number of nitrogens with zero attached hydrogens (tertiary/aromatic N) is 1. The summed E-state index contributed by atoms with van der Waals surface area (Å²) in [6.45, 7) is 4.54. The minimum atomic E-state index is 0.737. The highest BCUT2D eigenvalue weighted by molar-refractivity contribution is 9.10. The number of anilines is 1. The minimum Gasteiger partial charge on any atom is -0.399 e. The number of hydrogen-bond donors (Lipinski definition) is 1. The third-order valence-electron chi connectivity index (χ3n) is 3.91. The highest BCUT2D eigenvalue weighted by Gasteiger charge is 2.20. The summed E-state index contributed by atoms with van der Waals surface area (Å²) in [5.41, 5.74) is 8.06. The maximum atomic E-state index is 5.89. The van der Waals surface area contributed by atoms with E-state index in [9.17, 15) is 0 Å². The Morgan fingerprint density at radius 2 is 2.17 bits per heavy atom. The van der Waals surface area contributed by atoms with Crippen molar-refractivity contribution < 1.29 is 0 Å². The van der Waals surface area contributed by atoms with Crippen molar-refractivity contribution in [3.63, 3.8) is 0 Å². The smallest absolute Gasteiger partial charge is 0.0318 e. The fourth-order valence-corrected chi connectivity index (χ4v) is 3.21. The number of likely N-dealkylation sites (tertiary alicyclic amines) is 1. The molecule has 1 aliphatic heterocycles. The molecule has 3 heteroatoms. The number of benzene rings is 1. The van der Waals surface area contributed by atoms with Gasteiger partial charge in [0.1, 0.15) is 0 Å². The van der Waals surface area contributed by atoms with Crippen molar-refractivity contribution in [2.24, 2.45) is 0 Å². The molecule has 1 unspecified atom stereocenters. The molecule has 0 saturated carbocycles. The number of hydrogen-bond acceptors (Lipinski definition) is 2. The summed E-state index contributed by atoms with van der Waals surface area (Å²) in [7, 11) is 0. The van der Waals surface area contributed by atoms with Crippen LogP contribution in [0.3, 0.4) is 0 Å². The molecule has 0 radical (unpaired) electrons. The van der Waals surface area contributed by atoms with E-state index in [4.69, 9.17) is 5.73 Å². The van der Waals surface area contributed by atoms with Crippen LogP contribution in [-0.4, -0.2) is 17.5 Å². The van der Waals surface area contributed by atoms with Crippen LogP contribution in [0.2, 0.25) is 0 Å². The summed E-state index contributed by atoms with van der Waals surface area (Å²) in [6, 6.07) is 6.85. The molecule has 0 bridgehead atoms. The lowest BCUT2D eigenvalue weighted by Gasteiger charge is -2.29. The zero-order valence-corrected chi connectivity index (χ0v) is 12.7. The average Bonchev–Trinajstić information content (AvgIpc) is 2.59. The van der Waals surface area contributed by atoms with Gasteiger partial charge in [-0.15, -0.1) is 0 Å². The molecule has 1 aliphatic rings. The van der Waals surface area contributed by atoms with Gasteiger partial charge < -0.3 is 5.73 Å². The number of halogens is 1. The van der Waals surface area contributed by atoms with E-state index in [0.717, 1.165) is 18.3 Å². The first kappa shape index (κ1) is 13.9. The largest absolute Gasteiger partial charge is 0.399 e. The third-order valence-corrected chi connectivity index (χ3v) is 4.69. The number of nitrogens with two attached hydrogens (primary N) is 1. The van der Waals surface area contributed by atoms with Crippen LogP contribution >= 0.6 is 15.9 Å². The van der Waals surface area contributed by atoms with Crippen molar-refractivity contribution in [2.75, 3.05) is 12.3 Å². The first-order valence-corrected chi connectivity index (χ1v) is 7.78. The standard InChI is InChI=1S/C15H23BrN2/c1-2-14-6-4-3-5-9-18(14)11-12-10-13(17)7-8-15(12)16/h7-8,10,14H,2-6,9,11,17H2,1H3. The average molecular weight is 311 g/mol. The Balaban J connectivity index is 2.12. The second-order valence-electron chi connectivity index (χ2n) is 5.23. The lowest BCUT2D eigenvalue weighted by molar-refractivity contribution is 0.186. The van der Waals surface area contributed by atoms with Crippen molar-refractivity contribution in [2.45, 2.75) is 51.6 Å². The van der Waals surface area contributed by atoms with Crippen LogP contribution in [0.4, 0.5) is 5.69 Å². The van der Waals surface area contributed by atoms with Gasteiger partial charge in [-0.25, -0.2) is 0 Å². The second kappa shape index (κ2) is 6.58. The van der Waals surface area contributed by atoms with E-state index < -0.39 is 0 Å². The Bertz CT molecular complexity index is 392. The molecule has 1 saturated heterocycles. The minimum absolute atomic E-state index is 0.737. The van der Waals surface area contributed by atoms with Crippen LogP contribution in [0, 0.1) is 0 Å². The first-order valence-electron chi connectivity index (χ1n) is 6.98. The first-order chi connectivity index (χ1) is 8.70. The van der Waals surface area contributed by atoms with Gasteiger partial charge in [0.2, 0.25) is 0 Å². The van der Waals surface area contributed by atoms with E-state index >= 15 is 0 Å². The lowest BCUT2D eigenvalue weighted by atomic mass is 10.1. The Morgan fingerprint density at radius 3 is 2.94 bits per heavy atom. The molecular weight excluding hydrogens is 288 g/mol. The van der Waals surface area contributed by atoms with Crippen molar-refractivity contribution in [1.82, 2.24) is 4.90 Å². The molecule has 2 rings (SSSR count). The quantitative estimate of drug-likeness (QED) is 0.848. The van der Waals surface area contributed by atoms with Crippen molar-refractivity contribution >= 4 is 21.6 Å². The predicted molar refractivity (Wildman–Crippen MR) is 81.5 cm³/mol. The second-order valence-corrected chi connectivity index (χ2v) is 6.09. The Labute approximate surface area is 119 Å². The molecule has 0 aliphatic carbocycles. The van der Waals surface area contributed by atoms with E-state index in [0.29, 0.717) is 0 Å². The van der Waals surface area contributed by atoms with Crippen molar-refractivity contribution in [3.05, 3.63) is 28.2 Å². The Morgan fingerprint density at radius 1 is 1.33 bits per heavy atom. The maximum absolute atomic E-state index is 5.89. The monoisotopic (exact) mass is 310 g/mol. The zero-order valence-electron chi connectivity index (χ0n) is 11.2. The molecule has 1 fully saturated rings. The van der Waals surface area contributed by atoms with Gasteiger partial charge in [-0.1, -0.05) is 35.7 Å². The molecular formula is C15H23BrN2. The SMILES string of the molecule is CCC1CCCCCN1Cc1cc(N)ccc1Br. The zero-order chi connectivity index (χ0) is 13.0. The Kier molecular flexibility index (Phi) is 5.07. The summed E-state index contributed by atoms with van der Waals surface area (Å²) >= 11 is 3.64. The van der Waals surface area contributed by atoms with Crippen molar-refractivity contribution in [3.8, 4) is 0 Å². The molecule has 1 aromatic carbocycles. The summed E-state index contributed by atoms with van der Waals surface area (Å²) in [4.78, 5) is 2.63. The van der Waals surface area contributed by atoms with Gasteiger partial charge in [0, 0.05) is 22.7 Å². The number of rotatable bonds is 3. The van der Waals surface area contributed by atoms with Gasteiger partial charge in [-0.3, -0.25) is 4.90 Å². The fraction of sp³-hybridized carbons (Fsp3) is 0.600. The maximum Gasteiger partial charge on any atom is 0.0318 e. The van der Waals surface area contributed by atoms with Crippen LogP contribution in [0.1, 0.15) is 44.6 Å². The molecule has 0 spiro atoms. The van der Waals surface area contributed by atoms with E-state index in [2.05, 4.69) is 39.9 Å². The lowest BCUT2D eigenvalue weighted by Crippen LogP contribution is -2.33. The summed E-state index contributed by atoms with van der Waals surface area (Å²) in [5, 5.41) is 0.